The van der Waals surface area contributed by atoms with E-state index >= 15 is 0 Å². The Balaban J connectivity index is 1.61. The van der Waals surface area contributed by atoms with Crippen molar-refractivity contribution >= 4 is 23.4 Å². The smallest absolute Gasteiger partial charge is 0.319 e. The maximum absolute atomic E-state index is 13.2. The summed E-state index contributed by atoms with van der Waals surface area (Å²) in [4.78, 5) is 50.4. The van der Waals surface area contributed by atoms with Crippen molar-refractivity contribution in [1.82, 2.24) is 14.8 Å². The Morgan fingerprint density at radius 3 is 2.42 bits per heavy atom. The molecule has 1 aliphatic rings. The van der Waals surface area contributed by atoms with E-state index < -0.39 is 28.9 Å². The number of amides is 3. The van der Waals surface area contributed by atoms with Gasteiger partial charge in [0.2, 0.25) is 0 Å². The average molecular weight is 446 g/mol. The fraction of sp³-hybridized carbons (Fsp3) is 0.208. The third-order valence-electron chi connectivity index (χ3n) is 5.96. The summed E-state index contributed by atoms with van der Waals surface area (Å²) < 4.78 is 1.94. The number of ketones is 1. The summed E-state index contributed by atoms with van der Waals surface area (Å²) in [5.41, 5.74) is 1.44. The second kappa shape index (κ2) is 8.01. The van der Waals surface area contributed by atoms with E-state index in [0.29, 0.717) is 11.3 Å². The van der Waals surface area contributed by atoms with Gasteiger partial charge in [0.1, 0.15) is 5.54 Å². The molecule has 0 aliphatic carbocycles. The van der Waals surface area contributed by atoms with Crippen molar-refractivity contribution in [2.24, 2.45) is 0 Å². The van der Waals surface area contributed by atoms with Gasteiger partial charge < -0.3 is 9.88 Å². The minimum Gasteiger partial charge on any atom is -0.319 e. The van der Waals surface area contributed by atoms with Gasteiger partial charge in [-0.1, -0.05) is 30.3 Å². The number of benzene rings is 2. The highest BCUT2D eigenvalue weighted by atomic mass is 16.6. The number of rotatable bonds is 6. The second-order valence-corrected chi connectivity index (χ2v) is 8.13. The van der Waals surface area contributed by atoms with Crippen molar-refractivity contribution in [2.75, 3.05) is 6.54 Å². The van der Waals surface area contributed by atoms with Gasteiger partial charge in [0.25, 0.3) is 11.6 Å². The molecule has 2 heterocycles. The van der Waals surface area contributed by atoms with Crippen LogP contribution in [0.5, 0.6) is 0 Å². The molecule has 1 N–H and O–H groups in total. The Morgan fingerprint density at radius 1 is 1.06 bits per heavy atom. The topological polar surface area (TPSA) is 115 Å². The molecule has 2 aromatic carbocycles. The van der Waals surface area contributed by atoms with Gasteiger partial charge in [-0.15, -0.1) is 0 Å². The molecule has 9 nitrogen and oxygen atoms in total. The number of aryl methyl sites for hydroxylation is 1. The summed E-state index contributed by atoms with van der Waals surface area (Å²) in [6, 6.07) is 16.1. The van der Waals surface area contributed by atoms with Crippen LogP contribution >= 0.6 is 0 Å². The normalized spacial score (nSPS) is 17.8. The SMILES string of the molecule is Cc1cc(C(=O)CN2C(=O)NC(C)(c3cccc([N+](=O)[O-])c3)C2=O)c(C)n1-c1ccccc1. The highest BCUT2D eigenvalue weighted by Gasteiger charge is 2.50. The Morgan fingerprint density at radius 2 is 1.76 bits per heavy atom. The lowest BCUT2D eigenvalue weighted by atomic mass is 9.91. The first-order valence-electron chi connectivity index (χ1n) is 10.3. The first-order chi connectivity index (χ1) is 15.6. The number of imide groups is 1. The fourth-order valence-electron chi connectivity index (χ4n) is 4.21. The van der Waals surface area contributed by atoms with Crippen LogP contribution in [0.1, 0.15) is 34.2 Å². The number of hydrogen-bond donors (Lipinski definition) is 1. The first kappa shape index (κ1) is 21.9. The number of urea groups is 1. The van der Waals surface area contributed by atoms with E-state index in [1.165, 1.54) is 31.2 Å². The van der Waals surface area contributed by atoms with E-state index in [4.69, 9.17) is 0 Å². The second-order valence-electron chi connectivity index (χ2n) is 8.13. The van der Waals surface area contributed by atoms with Crippen LogP contribution in [0.25, 0.3) is 5.69 Å². The number of hydrogen-bond acceptors (Lipinski definition) is 5. The summed E-state index contributed by atoms with van der Waals surface area (Å²) in [5.74, 6) is -1.02. The highest BCUT2D eigenvalue weighted by molar-refractivity contribution is 6.11. The number of non-ortho nitro benzene ring substituents is 1. The summed E-state index contributed by atoms with van der Waals surface area (Å²) in [6.07, 6.45) is 0. The molecule has 168 valence electrons. The van der Waals surface area contributed by atoms with Gasteiger partial charge in [0.05, 0.1) is 11.5 Å². The molecule has 1 fully saturated rings. The van der Waals surface area contributed by atoms with Crippen LogP contribution in [-0.4, -0.2) is 38.7 Å². The molecule has 0 saturated carbocycles. The van der Waals surface area contributed by atoms with Crippen molar-refractivity contribution in [3.05, 3.63) is 93.3 Å². The molecule has 1 saturated heterocycles. The number of carbonyl (C=O) groups excluding carboxylic acids is 3. The highest BCUT2D eigenvalue weighted by Crippen LogP contribution is 2.31. The molecule has 1 aromatic heterocycles. The zero-order valence-electron chi connectivity index (χ0n) is 18.4. The molecule has 3 aromatic rings. The molecule has 3 amide bonds. The lowest BCUT2D eigenvalue weighted by Gasteiger charge is -2.22. The van der Waals surface area contributed by atoms with Gasteiger partial charge in [-0.25, -0.2) is 4.79 Å². The lowest BCUT2D eigenvalue weighted by molar-refractivity contribution is -0.385. The van der Waals surface area contributed by atoms with Crippen LogP contribution in [0.15, 0.2) is 60.7 Å². The van der Waals surface area contributed by atoms with E-state index in [2.05, 4.69) is 5.32 Å². The van der Waals surface area contributed by atoms with E-state index in [-0.39, 0.29) is 17.0 Å². The lowest BCUT2D eigenvalue weighted by Crippen LogP contribution is -2.41. The van der Waals surface area contributed by atoms with Crippen LogP contribution in [0, 0.1) is 24.0 Å². The molecule has 33 heavy (non-hydrogen) atoms. The van der Waals surface area contributed by atoms with Gasteiger partial charge >= 0.3 is 6.03 Å². The number of nitro benzene ring substituents is 1. The van der Waals surface area contributed by atoms with Gasteiger partial charge in [-0.2, -0.15) is 0 Å². The zero-order chi connectivity index (χ0) is 23.9. The Kier molecular flexibility index (Phi) is 5.33. The van der Waals surface area contributed by atoms with Crippen molar-refractivity contribution in [3.8, 4) is 5.69 Å². The van der Waals surface area contributed by atoms with Gasteiger partial charge in [-0.3, -0.25) is 24.6 Å². The number of para-hydroxylation sites is 1. The van der Waals surface area contributed by atoms with Crippen LogP contribution in [-0.2, 0) is 10.3 Å². The monoisotopic (exact) mass is 446 g/mol. The largest absolute Gasteiger partial charge is 0.325 e. The molecule has 0 radical (unpaired) electrons. The number of carbonyl (C=O) groups is 3. The van der Waals surface area contributed by atoms with Gasteiger partial charge in [-0.05, 0) is 44.5 Å². The van der Waals surface area contributed by atoms with Gasteiger partial charge in [0, 0.05) is 34.8 Å². The molecular weight excluding hydrogens is 424 g/mol. The molecule has 1 atom stereocenters. The first-order valence-corrected chi connectivity index (χ1v) is 10.3. The van der Waals surface area contributed by atoms with Crippen molar-refractivity contribution in [1.29, 1.82) is 0 Å². The Bertz CT molecular complexity index is 1300. The average Bonchev–Trinajstić information content (AvgIpc) is 3.21. The number of Topliss-reactive ketones (excluding diaryl/α,β-unsaturated/α-hetero) is 1. The minimum atomic E-state index is -1.51. The number of nitrogens with zero attached hydrogens (tertiary/aromatic N) is 3. The van der Waals surface area contributed by atoms with Crippen molar-refractivity contribution in [2.45, 2.75) is 26.3 Å². The predicted octanol–water partition coefficient (Wildman–Crippen LogP) is 3.65. The van der Waals surface area contributed by atoms with E-state index in [1.54, 1.807) is 6.07 Å². The number of nitro groups is 1. The van der Waals surface area contributed by atoms with Crippen LogP contribution in [0.3, 0.4) is 0 Å². The molecule has 0 spiro atoms. The summed E-state index contributed by atoms with van der Waals surface area (Å²) >= 11 is 0. The summed E-state index contributed by atoms with van der Waals surface area (Å²) in [5, 5.41) is 13.7. The maximum Gasteiger partial charge on any atom is 0.325 e. The Hall–Kier alpha value is -4.27. The quantitative estimate of drug-likeness (QED) is 0.269. The third-order valence-corrected chi connectivity index (χ3v) is 5.96. The number of nitrogens with one attached hydrogen (secondary N) is 1. The molecule has 1 aliphatic heterocycles. The van der Waals surface area contributed by atoms with Gasteiger partial charge in [0.15, 0.2) is 5.78 Å². The van der Waals surface area contributed by atoms with E-state index in [1.807, 2.05) is 48.7 Å². The fourth-order valence-corrected chi connectivity index (χ4v) is 4.21. The number of aromatic nitrogens is 1. The molecule has 0 bridgehead atoms. The van der Waals surface area contributed by atoms with Crippen LogP contribution < -0.4 is 5.32 Å². The molecule has 4 rings (SSSR count). The predicted molar refractivity (Wildman–Crippen MR) is 120 cm³/mol. The molecule has 9 heteroatoms. The molecule has 1 unspecified atom stereocenters. The van der Waals surface area contributed by atoms with Crippen molar-refractivity contribution in [3.63, 3.8) is 0 Å². The minimum absolute atomic E-state index is 0.196. The van der Waals surface area contributed by atoms with Crippen LogP contribution in [0.2, 0.25) is 0 Å². The van der Waals surface area contributed by atoms with Crippen LogP contribution in [0.4, 0.5) is 10.5 Å². The van der Waals surface area contributed by atoms with E-state index in [0.717, 1.165) is 16.3 Å². The third kappa shape index (κ3) is 3.67. The molecular formula is C24H22N4O5. The maximum atomic E-state index is 13.2. The Labute approximate surface area is 189 Å². The standard InChI is InChI=1S/C24H22N4O5/c1-15-12-20(16(2)27(15)18-9-5-4-6-10-18)21(29)14-26-22(30)24(3,25-23(26)31)17-8-7-11-19(13-17)28(32)33/h4-13H,14H2,1-3H3,(H,25,31). The summed E-state index contributed by atoms with van der Waals surface area (Å²) in [7, 11) is 0. The van der Waals surface area contributed by atoms with Crippen molar-refractivity contribution < 1.29 is 19.3 Å². The van der Waals surface area contributed by atoms with E-state index in [9.17, 15) is 24.5 Å². The zero-order valence-corrected chi connectivity index (χ0v) is 18.4. The summed E-state index contributed by atoms with van der Waals surface area (Å²) in [6.45, 7) is 4.72.